The van der Waals surface area contributed by atoms with Crippen molar-refractivity contribution >= 4 is 43.0 Å². The summed E-state index contributed by atoms with van der Waals surface area (Å²) >= 11 is 1.41. The number of nitrogens with two attached hydrogens (primary N) is 1. The molecule has 3 N–H and O–H groups in total. The number of methoxy groups -OCH3 is 1. The third-order valence-electron chi connectivity index (χ3n) is 4.30. The molecule has 4 rings (SSSR count). The van der Waals surface area contributed by atoms with E-state index in [2.05, 4.69) is 9.71 Å². The lowest BCUT2D eigenvalue weighted by molar-refractivity contribution is 0.415. The summed E-state index contributed by atoms with van der Waals surface area (Å²) < 4.78 is 34.1. The zero-order valence-corrected chi connectivity index (χ0v) is 16.5. The van der Waals surface area contributed by atoms with Gasteiger partial charge in [-0.1, -0.05) is 30.3 Å². The molecule has 0 spiro atoms. The van der Waals surface area contributed by atoms with Crippen molar-refractivity contribution in [3.63, 3.8) is 0 Å². The van der Waals surface area contributed by atoms with E-state index in [-0.39, 0.29) is 4.90 Å². The Hall–Kier alpha value is -3.10. The topological polar surface area (TPSA) is 94.3 Å². The van der Waals surface area contributed by atoms with Gasteiger partial charge in [-0.15, -0.1) is 11.3 Å². The summed E-state index contributed by atoms with van der Waals surface area (Å²) in [6.07, 6.45) is 1.45. The number of benzene rings is 2. The number of nitrogens with one attached hydrogen (secondary N) is 1. The summed E-state index contributed by atoms with van der Waals surface area (Å²) in [5.41, 5.74) is 8.33. The first-order chi connectivity index (χ1) is 13.5. The highest BCUT2D eigenvalue weighted by Crippen LogP contribution is 2.41. The Morgan fingerprint density at radius 2 is 1.89 bits per heavy atom. The van der Waals surface area contributed by atoms with Crippen LogP contribution >= 0.6 is 11.3 Å². The van der Waals surface area contributed by atoms with Crippen LogP contribution in [0, 0.1) is 0 Å². The molecule has 0 fully saturated rings. The van der Waals surface area contributed by atoms with Crippen molar-refractivity contribution < 1.29 is 13.2 Å². The van der Waals surface area contributed by atoms with Crippen molar-refractivity contribution in [1.82, 2.24) is 4.98 Å². The number of fused-ring (bicyclic) bond motifs is 1. The molecule has 4 aromatic rings. The molecule has 2 aromatic heterocycles. The van der Waals surface area contributed by atoms with Crippen molar-refractivity contribution in [2.24, 2.45) is 0 Å². The highest BCUT2D eigenvalue weighted by atomic mass is 32.2. The highest BCUT2D eigenvalue weighted by molar-refractivity contribution is 7.92. The second-order valence-electron chi connectivity index (χ2n) is 6.06. The van der Waals surface area contributed by atoms with Gasteiger partial charge in [0.05, 0.1) is 28.6 Å². The summed E-state index contributed by atoms with van der Waals surface area (Å²) in [6, 6.07) is 15.8. The lowest BCUT2D eigenvalue weighted by atomic mass is 10.0. The molecule has 0 saturated heterocycles. The predicted octanol–water partition coefficient (Wildman–Crippen LogP) is 4.35. The molecular formula is C20H17N3O3S2. The molecular weight excluding hydrogens is 394 g/mol. The van der Waals surface area contributed by atoms with Gasteiger partial charge in [-0.2, -0.15) is 0 Å². The molecule has 28 heavy (non-hydrogen) atoms. The van der Waals surface area contributed by atoms with E-state index >= 15 is 0 Å². The standard InChI is InChI=1S/C20H17N3O3S2/c1-26-14-7-5-6-13(10-14)16-12-27-19-17(11-22-20(21)18(16)19)23-28(24,25)15-8-3-2-4-9-15/h2-12,23H,1H3,(H2,21,22). The number of hydrogen-bond donors (Lipinski definition) is 2. The van der Waals surface area contributed by atoms with Crippen LogP contribution in [0.4, 0.5) is 11.5 Å². The molecule has 0 saturated carbocycles. The Kier molecular flexibility index (Phi) is 4.66. The predicted molar refractivity (Wildman–Crippen MR) is 113 cm³/mol. The van der Waals surface area contributed by atoms with E-state index < -0.39 is 10.0 Å². The Bertz CT molecular complexity index is 1250. The number of ether oxygens (including phenoxy) is 1. The van der Waals surface area contributed by atoms with Crippen LogP contribution in [0.3, 0.4) is 0 Å². The third kappa shape index (κ3) is 3.28. The normalized spacial score (nSPS) is 11.5. The number of nitrogen functional groups attached to an aromatic ring is 1. The minimum atomic E-state index is -3.73. The average Bonchev–Trinajstić information content (AvgIpc) is 3.17. The quantitative estimate of drug-likeness (QED) is 0.509. The monoisotopic (exact) mass is 411 g/mol. The van der Waals surface area contributed by atoms with Gasteiger partial charge in [-0.05, 0) is 29.8 Å². The van der Waals surface area contributed by atoms with Gasteiger partial charge in [0.1, 0.15) is 11.6 Å². The molecule has 0 aliphatic heterocycles. The first kappa shape index (κ1) is 18.3. The van der Waals surface area contributed by atoms with E-state index in [1.54, 1.807) is 37.4 Å². The van der Waals surface area contributed by atoms with Crippen LogP contribution < -0.4 is 15.2 Å². The molecule has 0 radical (unpaired) electrons. The van der Waals surface area contributed by atoms with Gasteiger partial charge in [0.15, 0.2) is 0 Å². The number of pyridine rings is 1. The van der Waals surface area contributed by atoms with Crippen LogP contribution in [-0.2, 0) is 10.0 Å². The number of thiophene rings is 1. The van der Waals surface area contributed by atoms with Gasteiger partial charge < -0.3 is 10.5 Å². The molecule has 142 valence electrons. The molecule has 0 aliphatic rings. The Morgan fingerprint density at radius 3 is 2.64 bits per heavy atom. The number of anilines is 2. The van der Waals surface area contributed by atoms with Crippen LogP contribution in [0.2, 0.25) is 0 Å². The third-order valence-corrected chi connectivity index (χ3v) is 6.70. The molecule has 8 heteroatoms. The number of sulfonamides is 1. The summed E-state index contributed by atoms with van der Waals surface area (Å²) in [7, 11) is -2.12. The minimum Gasteiger partial charge on any atom is -0.497 e. The number of rotatable bonds is 5. The van der Waals surface area contributed by atoms with E-state index in [9.17, 15) is 8.42 Å². The second kappa shape index (κ2) is 7.14. The van der Waals surface area contributed by atoms with E-state index in [0.717, 1.165) is 21.6 Å². The van der Waals surface area contributed by atoms with Crippen LogP contribution in [0.25, 0.3) is 21.2 Å². The fourth-order valence-electron chi connectivity index (χ4n) is 2.95. The lowest BCUT2D eigenvalue weighted by Crippen LogP contribution is -2.13. The van der Waals surface area contributed by atoms with Gasteiger partial charge in [-0.3, -0.25) is 4.72 Å². The molecule has 2 aromatic carbocycles. The fourth-order valence-corrected chi connectivity index (χ4v) is 5.14. The Balaban J connectivity index is 1.82. The maximum Gasteiger partial charge on any atom is 0.261 e. The van der Waals surface area contributed by atoms with Gasteiger partial charge in [0.25, 0.3) is 10.0 Å². The van der Waals surface area contributed by atoms with Crippen molar-refractivity contribution in [2.75, 3.05) is 17.6 Å². The first-order valence-corrected chi connectivity index (χ1v) is 10.7. The van der Waals surface area contributed by atoms with Gasteiger partial charge in [0, 0.05) is 16.3 Å². The lowest BCUT2D eigenvalue weighted by Gasteiger charge is -2.10. The zero-order valence-electron chi connectivity index (χ0n) is 14.9. The average molecular weight is 412 g/mol. The van der Waals surface area contributed by atoms with E-state index in [1.165, 1.54) is 17.5 Å². The van der Waals surface area contributed by atoms with Crippen molar-refractivity contribution in [1.29, 1.82) is 0 Å². The zero-order chi connectivity index (χ0) is 19.7. The highest BCUT2D eigenvalue weighted by Gasteiger charge is 2.19. The van der Waals surface area contributed by atoms with Crippen molar-refractivity contribution in [3.8, 4) is 16.9 Å². The van der Waals surface area contributed by atoms with Gasteiger partial charge in [-0.25, -0.2) is 13.4 Å². The summed E-state index contributed by atoms with van der Waals surface area (Å²) in [5, 5.41) is 2.66. The van der Waals surface area contributed by atoms with Crippen LogP contribution in [-0.4, -0.2) is 20.5 Å². The van der Waals surface area contributed by atoms with E-state index in [4.69, 9.17) is 10.5 Å². The summed E-state index contributed by atoms with van der Waals surface area (Å²) in [4.78, 5) is 4.40. The fraction of sp³-hybridized carbons (Fsp3) is 0.0500. The number of hydrogen-bond acceptors (Lipinski definition) is 6. The molecule has 0 atom stereocenters. The van der Waals surface area contributed by atoms with Crippen LogP contribution in [0.1, 0.15) is 0 Å². The summed E-state index contributed by atoms with van der Waals surface area (Å²) in [6.45, 7) is 0. The largest absolute Gasteiger partial charge is 0.497 e. The van der Waals surface area contributed by atoms with E-state index in [1.807, 2.05) is 29.6 Å². The number of nitrogens with zero attached hydrogens (tertiary/aromatic N) is 1. The van der Waals surface area contributed by atoms with Gasteiger partial charge >= 0.3 is 0 Å². The summed E-state index contributed by atoms with van der Waals surface area (Å²) in [5.74, 6) is 1.07. The molecule has 2 heterocycles. The van der Waals surface area contributed by atoms with Crippen LogP contribution in [0.15, 0.2) is 71.1 Å². The second-order valence-corrected chi connectivity index (χ2v) is 8.62. The maximum atomic E-state index is 12.7. The molecule has 0 bridgehead atoms. The molecule has 6 nitrogen and oxygen atoms in total. The number of aromatic nitrogens is 1. The Labute approximate surface area is 166 Å². The Morgan fingerprint density at radius 1 is 1.11 bits per heavy atom. The van der Waals surface area contributed by atoms with E-state index in [0.29, 0.717) is 16.9 Å². The SMILES string of the molecule is COc1cccc(-c2csc3c(NS(=O)(=O)c4ccccc4)cnc(N)c23)c1. The molecule has 0 amide bonds. The minimum absolute atomic E-state index is 0.185. The van der Waals surface area contributed by atoms with Crippen LogP contribution in [0.5, 0.6) is 5.75 Å². The molecule has 0 unspecified atom stereocenters. The maximum absolute atomic E-state index is 12.7. The van der Waals surface area contributed by atoms with Gasteiger partial charge in [0.2, 0.25) is 0 Å². The van der Waals surface area contributed by atoms with Crippen molar-refractivity contribution in [2.45, 2.75) is 4.90 Å². The smallest absolute Gasteiger partial charge is 0.261 e. The first-order valence-electron chi connectivity index (χ1n) is 8.37. The molecule has 0 aliphatic carbocycles. The van der Waals surface area contributed by atoms with Crippen molar-refractivity contribution in [3.05, 3.63) is 66.2 Å².